The average molecular weight is 397 g/mol. The van der Waals surface area contributed by atoms with Gasteiger partial charge >= 0.3 is 40.5 Å². The van der Waals surface area contributed by atoms with E-state index in [1.807, 2.05) is 5.33 Å². The van der Waals surface area contributed by atoms with Crippen LogP contribution in [0.25, 0.3) is 0 Å². The van der Waals surface area contributed by atoms with E-state index in [-0.39, 0.29) is 0 Å². The Kier molecular flexibility index (Phi) is 18.8. The molecule has 0 heterocycles. The molecule has 0 fully saturated rings. The number of halogens is 3. The predicted molar refractivity (Wildman–Crippen MR) is 45.9 cm³/mol. The Labute approximate surface area is 80.6 Å². The van der Waals surface area contributed by atoms with Crippen LogP contribution in [0.1, 0.15) is 13.8 Å². The van der Waals surface area contributed by atoms with E-state index in [4.69, 9.17) is 0 Å². The van der Waals surface area contributed by atoms with Gasteiger partial charge in [0.1, 0.15) is 0 Å². The van der Waals surface area contributed by atoms with Crippen LogP contribution >= 0.6 is 43.2 Å². The maximum atomic E-state index is 3.19. The summed E-state index contributed by atoms with van der Waals surface area (Å²) in [6.07, 6.45) is 0. The molecule has 0 saturated carbocycles. The van der Waals surface area contributed by atoms with Crippen molar-refractivity contribution in [3.63, 3.8) is 0 Å². The third-order valence-corrected chi connectivity index (χ3v) is 1.31. The van der Waals surface area contributed by atoms with E-state index in [1.165, 1.54) is 0 Å². The summed E-state index contributed by atoms with van der Waals surface area (Å²) >= 11 is 9.83. The summed E-state index contributed by atoms with van der Waals surface area (Å²) in [4.78, 5) is 0. The third-order valence-electron chi connectivity index (χ3n) is 0.252. The van der Waals surface area contributed by atoms with E-state index in [9.17, 15) is 0 Å². The molecule has 0 saturated heterocycles. The molecular weight excluding hydrogens is 389 g/mol. The van der Waals surface area contributed by atoms with Gasteiger partial charge in [-0.1, -0.05) is 13.8 Å². The molecule has 0 aliphatic rings. The van der Waals surface area contributed by atoms with Gasteiger partial charge in [0, 0.05) is 0 Å². The molecular formula is C4H8Br3Ru-. The average Bonchev–Trinajstić information content (AvgIpc) is 1.69. The van der Waals surface area contributed by atoms with Crippen LogP contribution in [0, 0.1) is 11.2 Å². The molecule has 0 bridgehead atoms. The van der Waals surface area contributed by atoms with Crippen LogP contribution in [-0.2, 0) is 13.2 Å². The Bertz CT molecular complexity index is 32.5. The minimum atomic E-state index is 0.335. The topological polar surface area (TPSA) is 0 Å². The number of rotatable bonds is 1. The van der Waals surface area contributed by atoms with Gasteiger partial charge < -0.3 is 15.9 Å². The molecule has 0 nitrogen and oxygen atoms in total. The Morgan fingerprint density at radius 1 is 1.38 bits per heavy atom. The summed E-state index contributed by atoms with van der Waals surface area (Å²) in [5.74, 6) is 0.676. The van der Waals surface area contributed by atoms with Gasteiger partial charge in [0.15, 0.2) is 0 Å². The SMILES string of the molecule is CC(C)[CH-]Br.[Br][Ru][Br]. The molecule has 0 aromatic rings. The molecule has 0 aromatic heterocycles. The Balaban J connectivity index is 0. The summed E-state index contributed by atoms with van der Waals surface area (Å²) in [5, 5.41) is 1.98. The van der Waals surface area contributed by atoms with E-state index in [2.05, 4.69) is 57.0 Å². The van der Waals surface area contributed by atoms with E-state index in [1.54, 1.807) is 0 Å². The predicted octanol–water partition coefficient (Wildman–Crippen LogP) is 3.89. The fourth-order valence-corrected chi connectivity index (χ4v) is 0. The molecule has 4 heteroatoms. The first-order chi connectivity index (χ1) is 3.68. The van der Waals surface area contributed by atoms with Crippen LogP contribution in [0.4, 0.5) is 0 Å². The van der Waals surface area contributed by atoms with Crippen LogP contribution in [0.15, 0.2) is 0 Å². The van der Waals surface area contributed by atoms with Gasteiger partial charge in [-0.15, -0.1) is 0 Å². The molecule has 0 amide bonds. The molecule has 0 aliphatic carbocycles. The summed E-state index contributed by atoms with van der Waals surface area (Å²) < 4.78 is 0. The van der Waals surface area contributed by atoms with Crippen LogP contribution in [0.2, 0.25) is 0 Å². The molecule has 0 unspecified atom stereocenters. The molecule has 0 spiro atoms. The second-order valence-electron chi connectivity index (χ2n) is 1.42. The summed E-state index contributed by atoms with van der Waals surface area (Å²) in [6.45, 7) is 4.24. The molecule has 8 heavy (non-hydrogen) atoms. The zero-order valence-electron chi connectivity index (χ0n) is 4.64. The number of hydrogen-bond donors (Lipinski definition) is 0. The van der Waals surface area contributed by atoms with Gasteiger partial charge in [0.05, 0.1) is 0 Å². The van der Waals surface area contributed by atoms with Crippen LogP contribution in [-0.4, -0.2) is 0 Å². The Morgan fingerprint density at radius 2 is 1.50 bits per heavy atom. The normalized spacial score (nSPS) is 8.75. The summed E-state index contributed by atoms with van der Waals surface area (Å²) in [5.41, 5.74) is 0. The van der Waals surface area contributed by atoms with E-state index in [0.717, 1.165) is 0 Å². The van der Waals surface area contributed by atoms with Crippen molar-refractivity contribution in [2.45, 2.75) is 13.8 Å². The van der Waals surface area contributed by atoms with Gasteiger partial charge in [-0.25, -0.2) is 0 Å². The molecule has 54 valence electrons. The van der Waals surface area contributed by atoms with E-state index < -0.39 is 0 Å². The number of hydrogen-bond acceptors (Lipinski definition) is 0. The van der Waals surface area contributed by atoms with Crippen molar-refractivity contribution in [1.29, 1.82) is 0 Å². The molecule has 0 aromatic carbocycles. The van der Waals surface area contributed by atoms with Crippen molar-refractivity contribution >= 4 is 43.2 Å². The van der Waals surface area contributed by atoms with Gasteiger partial charge in [-0.2, -0.15) is 5.92 Å². The van der Waals surface area contributed by atoms with Crippen molar-refractivity contribution in [1.82, 2.24) is 0 Å². The zero-order chi connectivity index (χ0) is 6.99. The van der Waals surface area contributed by atoms with Gasteiger partial charge in [-0.05, 0) is 0 Å². The van der Waals surface area contributed by atoms with Crippen molar-refractivity contribution in [3.05, 3.63) is 5.33 Å². The van der Waals surface area contributed by atoms with Crippen LogP contribution in [0.5, 0.6) is 0 Å². The minimum absolute atomic E-state index is 0.335. The first-order valence-corrected chi connectivity index (χ1v) is 10.8. The first-order valence-electron chi connectivity index (χ1n) is 1.97. The molecule has 0 aliphatic heterocycles. The quantitative estimate of drug-likeness (QED) is 0.466. The summed E-state index contributed by atoms with van der Waals surface area (Å²) in [6, 6.07) is 0. The standard InChI is InChI=1S/C4H8Br.2BrH.Ru/c1-4(2)3-5;;;/h3-4H,1-2H3;2*1H;/q-1;;;+2/p-2. The molecule has 0 N–H and O–H groups in total. The summed E-state index contributed by atoms with van der Waals surface area (Å²) in [7, 11) is 0. The molecule has 0 atom stereocenters. The van der Waals surface area contributed by atoms with Gasteiger partial charge in [0.2, 0.25) is 0 Å². The van der Waals surface area contributed by atoms with Crippen molar-refractivity contribution in [3.8, 4) is 0 Å². The first kappa shape index (κ1) is 12.7. The van der Waals surface area contributed by atoms with Crippen LogP contribution < -0.4 is 0 Å². The third kappa shape index (κ3) is 24.4. The van der Waals surface area contributed by atoms with Crippen molar-refractivity contribution < 1.29 is 13.2 Å². The Morgan fingerprint density at radius 3 is 1.50 bits per heavy atom. The van der Waals surface area contributed by atoms with Gasteiger partial charge in [0.25, 0.3) is 0 Å². The van der Waals surface area contributed by atoms with Crippen LogP contribution in [0.3, 0.4) is 0 Å². The van der Waals surface area contributed by atoms with E-state index in [0.29, 0.717) is 19.1 Å². The zero-order valence-corrected chi connectivity index (χ0v) is 11.1. The van der Waals surface area contributed by atoms with Crippen molar-refractivity contribution in [2.24, 2.45) is 5.92 Å². The fraction of sp³-hybridized carbons (Fsp3) is 0.750. The van der Waals surface area contributed by atoms with Gasteiger partial charge in [-0.3, -0.25) is 5.33 Å². The monoisotopic (exact) mass is 395 g/mol. The maximum absolute atomic E-state index is 3.19. The second-order valence-corrected chi connectivity index (χ2v) is 9.97. The second kappa shape index (κ2) is 11.8. The fourth-order valence-electron chi connectivity index (χ4n) is 0. The van der Waals surface area contributed by atoms with Crippen molar-refractivity contribution in [2.75, 3.05) is 0 Å². The molecule has 0 rings (SSSR count). The van der Waals surface area contributed by atoms with E-state index >= 15 is 0 Å². The molecule has 0 radical (unpaired) electrons. The Hall–Kier alpha value is 2.06.